The maximum Gasteiger partial charge on any atom is 0.339 e. The predicted molar refractivity (Wildman–Crippen MR) is 75.9 cm³/mol. The number of hydrogen-bond donors (Lipinski definition) is 1. The van der Waals surface area contributed by atoms with Crippen molar-refractivity contribution in [3.8, 4) is 0 Å². The van der Waals surface area contributed by atoms with E-state index < -0.39 is 5.97 Å². The number of aromatic amines is 1. The number of carbonyl (C=O) groups excluding carboxylic acids is 2. The Hall–Kier alpha value is -1.89. The molecule has 0 atom stereocenters. The Morgan fingerprint density at radius 1 is 1.45 bits per heavy atom. The van der Waals surface area contributed by atoms with Crippen molar-refractivity contribution in [3.63, 3.8) is 0 Å². The highest BCUT2D eigenvalue weighted by molar-refractivity contribution is 9.10. The molecule has 2 aromatic heterocycles. The highest BCUT2D eigenvalue weighted by Crippen LogP contribution is 2.20. The van der Waals surface area contributed by atoms with Crippen LogP contribution in [0.2, 0.25) is 0 Å². The van der Waals surface area contributed by atoms with E-state index in [1.54, 1.807) is 26.2 Å². The van der Waals surface area contributed by atoms with Crippen LogP contribution < -0.4 is 0 Å². The molecule has 2 rings (SSSR count). The Morgan fingerprint density at radius 3 is 2.70 bits per heavy atom. The van der Waals surface area contributed by atoms with Gasteiger partial charge in [0.15, 0.2) is 0 Å². The number of rotatable bonds is 4. The molecule has 0 radical (unpaired) electrons. The summed E-state index contributed by atoms with van der Waals surface area (Å²) in [5.41, 5.74) is 2.05. The number of carbonyl (C=O) groups is 2. The molecule has 2 heterocycles. The molecule has 20 heavy (non-hydrogen) atoms. The second-order valence-corrected chi connectivity index (χ2v) is 5.31. The SMILES string of the molecule is COC(=O)c1c(C)[nH]c(C(=O)Cn2cc(Br)cn2)c1C. The van der Waals surface area contributed by atoms with Crippen molar-refractivity contribution in [1.29, 1.82) is 0 Å². The van der Waals surface area contributed by atoms with Gasteiger partial charge in [0, 0.05) is 11.9 Å². The van der Waals surface area contributed by atoms with Gasteiger partial charge in [-0.15, -0.1) is 0 Å². The fourth-order valence-corrected chi connectivity index (χ4v) is 2.42. The van der Waals surface area contributed by atoms with Gasteiger partial charge in [0.05, 0.1) is 29.0 Å². The summed E-state index contributed by atoms with van der Waals surface area (Å²) in [6, 6.07) is 0. The number of H-pyrrole nitrogens is 1. The summed E-state index contributed by atoms with van der Waals surface area (Å²) in [5.74, 6) is -0.589. The summed E-state index contributed by atoms with van der Waals surface area (Å²) in [4.78, 5) is 26.9. The molecular formula is C13H14BrN3O3. The molecule has 0 saturated heterocycles. The minimum Gasteiger partial charge on any atom is -0.465 e. The second-order valence-electron chi connectivity index (χ2n) is 4.40. The maximum absolute atomic E-state index is 12.3. The third-order valence-electron chi connectivity index (χ3n) is 3.01. The molecule has 0 fully saturated rings. The summed E-state index contributed by atoms with van der Waals surface area (Å²) in [6.45, 7) is 3.57. The lowest BCUT2D eigenvalue weighted by molar-refractivity contribution is 0.0599. The zero-order valence-electron chi connectivity index (χ0n) is 11.4. The molecule has 0 spiro atoms. The Kier molecular flexibility index (Phi) is 4.08. The average Bonchev–Trinajstić information content (AvgIpc) is 2.92. The van der Waals surface area contributed by atoms with Crippen molar-refractivity contribution in [2.75, 3.05) is 7.11 Å². The smallest absolute Gasteiger partial charge is 0.339 e. The van der Waals surface area contributed by atoms with Crippen LogP contribution >= 0.6 is 15.9 Å². The molecular weight excluding hydrogens is 326 g/mol. The van der Waals surface area contributed by atoms with Crippen molar-refractivity contribution in [3.05, 3.63) is 39.4 Å². The van der Waals surface area contributed by atoms with Crippen LogP contribution in [0.1, 0.15) is 32.1 Å². The van der Waals surface area contributed by atoms with Gasteiger partial charge in [-0.2, -0.15) is 5.10 Å². The molecule has 0 aromatic carbocycles. The van der Waals surface area contributed by atoms with Crippen LogP contribution in [0, 0.1) is 13.8 Å². The van der Waals surface area contributed by atoms with Gasteiger partial charge >= 0.3 is 5.97 Å². The number of ketones is 1. The van der Waals surface area contributed by atoms with Gasteiger partial charge in [0.25, 0.3) is 0 Å². The van der Waals surface area contributed by atoms with E-state index in [2.05, 4.69) is 26.0 Å². The van der Waals surface area contributed by atoms with E-state index in [1.165, 1.54) is 11.8 Å². The number of ether oxygens (including phenoxy) is 1. The quantitative estimate of drug-likeness (QED) is 0.684. The first-order valence-corrected chi connectivity index (χ1v) is 6.72. The van der Waals surface area contributed by atoms with Gasteiger partial charge in [0.1, 0.15) is 6.54 Å². The van der Waals surface area contributed by atoms with Crippen LogP contribution in [0.5, 0.6) is 0 Å². The maximum atomic E-state index is 12.3. The molecule has 1 N–H and O–H groups in total. The fraction of sp³-hybridized carbons (Fsp3) is 0.308. The minimum atomic E-state index is -0.447. The largest absolute Gasteiger partial charge is 0.465 e. The lowest BCUT2D eigenvalue weighted by Gasteiger charge is -2.02. The van der Waals surface area contributed by atoms with Crippen molar-refractivity contribution < 1.29 is 14.3 Å². The lowest BCUT2D eigenvalue weighted by Crippen LogP contribution is -2.12. The van der Waals surface area contributed by atoms with E-state index >= 15 is 0 Å². The number of nitrogens with zero attached hydrogens (tertiary/aromatic N) is 2. The minimum absolute atomic E-state index is 0.104. The summed E-state index contributed by atoms with van der Waals surface area (Å²) >= 11 is 3.27. The van der Waals surface area contributed by atoms with Crippen molar-refractivity contribution in [1.82, 2.24) is 14.8 Å². The van der Waals surface area contributed by atoms with Crippen LogP contribution in [-0.4, -0.2) is 33.6 Å². The van der Waals surface area contributed by atoms with Crippen molar-refractivity contribution in [2.24, 2.45) is 0 Å². The molecule has 0 aliphatic heterocycles. The predicted octanol–water partition coefficient (Wildman–Crippen LogP) is 2.26. The Morgan fingerprint density at radius 2 is 2.15 bits per heavy atom. The Labute approximate surface area is 124 Å². The van der Waals surface area contributed by atoms with E-state index in [4.69, 9.17) is 4.74 Å². The first-order valence-electron chi connectivity index (χ1n) is 5.92. The number of halogens is 1. The number of aryl methyl sites for hydroxylation is 1. The van der Waals surface area contributed by atoms with Crippen LogP contribution in [-0.2, 0) is 11.3 Å². The number of esters is 1. The summed E-state index contributed by atoms with van der Waals surface area (Å²) in [5, 5.41) is 4.03. The molecule has 0 saturated carbocycles. The molecule has 2 aromatic rings. The lowest BCUT2D eigenvalue weighted by atomic mass is 10.1. The second kappa shape index (κ2) is 5.62. The zero-order valence-corrected chi connectivity index (χ0v) is 12.9. The molecule has 6 nitrogen and oxygen atoms in total. The topological polar surface area (TPSA) is 77.0 Å². The van der Waals surface area contributed by atoms with Gasteiger partial charge in [-0.05, 0) is 35.3 Å². The summed E-state index contributed by atoms with van der Waals surface area (Å²) in [7, 11) is 1.32. The summed E-state index contributed by atoms with van der Waals surface area (Å²) < 4.78 is 7.05. The van der Waals surface area contributed by atoms with E-state index in [9.17, 15) is 9.59 Å². The van der Waals surface area contributed by atoms with Gasteiger partial charge < -0.3 is 9.72 Å². The van der Waals surface area contributed by atoms with Crippen LogP contribution in [0.3, 0.4) is 0 Å². The number of hydrogen-bond acceptors (Lipinski definition) is 4. The normalized spacial score (nSPS) is 10.6. The standard InChI is InChI=1S/C13H14BrN3O3/c1-7-11(13(19)20-3)8(2)16-12(7)10(18)6-17-5-9(14)4-15-17/h4-5,16H,6H2,1-3H3. The number of aromatic nitrogens is 3. The number of nitrogens with one attached hydrogen (secondary N) is 1. The Balaban J connectivity index is 2.29. The molecule has 0 aliphatic rings. The first kappa shape index (κ1) is 14.5. The molecule has 0 bridgehead atoms. The van der Waals surface area contributed by atoms with Crippen molar-refractivity contribution in [2.45, 2.75) is 20.4 Å². The average molecular weight is 340 g/mol. The zero-order chi connectivity index (χ0) is 14.9. The van der Waals surface area contributed by atoms with Crippen LogP contribution in [0.15, 0.2) is 16.9 Å². The molecule has 0 amide bonds. The third-order valence-corrected chi connectivity index (χ3v) is 3.42. The molecule has 0 aliphatic carbocycles. The molecule has 106 valence electrons. The van der Waals surface area contributed by atoms with Crippen molar-refractivity contribution >= 4 is 27.7 Å². The van der Waals surface area contributed by atoms with Gasteiger partial charge in [-0.1, -0.05) is 0 Å². The van der Waals surface area contributed by atoms with Gasteiger partial charge in [0.2, 0.25) is 5.78 Å². The Bertz CT molecular complexity index is 672. The van der Waals surface area contributed by atoms with E-state index in [0.717, 1.165) is 4.47 Å². The van der Waals surface area contributed by atoms with E-state index in [1.807, 2.05) is 0 Å². The highest BCUT2D eigenvalue weighted by atomic mass is 79.9. The van der Waals surface area contributed by atoms with E-state index in [0.29, 0.717) is 22.5 Å². The van der Waals surface area contributed by atoms with Crippen LogP contribution in [0.25, 0.3) is 0 Å². The van der Waals surface area contributed by atoms with E-state index in [-0.39, 0.29) is 12.3 Å². The molecule has 0 unspecified atom stereocenters. The third kappa shape index (κ3) is 2.67. The van der Waals surface area contributed by atoms with Gasteiger partial charge in [-0.25, -0.2) is 4.79 Å². The molecule has 7 heteroatoms. The number of methoxy groups -OCH3 is 1. The highest BCUT2D eigenvalue weighted by Gasteiger charge is 2.22. The summed E-state index contributed by atoms with van der Waals surface area (Å²) in [6.07, 6.45) is 3.32. The van der Waals surface area contributed by atoms with Crippen LogP contribution in [0.4, 0.5) is 0 Å². The fourth-order valence-electron chi connectivity index (χ4n) is 2.09. The monoisotopic (exact) mass is 339 g/mol. The van der Waals surface area contributed by atoms with Gasteiger partial charge in [-0.3, -0.25) is 9.48 Å². The number of Topliss-reactive ketones (excluding diaryl/α,β-unsaturated/α-hetero) is 1. The first-order chi connectivity index (χ1) is 9.43.